The predicted octanol–water partition coefficient (Wildman–Crippen LogP) is 3.04. The lowest BCUT2D eigenvalue weighted by atomic mass is 9.99. The van der Waals surface area contributed by atoms with E-state index in [9.17, 15) is 9.90 Å². The highest BCUT2D eigenvalue weighted by Crippen LogP contribution is 2.42. The van der Waals surface area contributed by atoms with Crippen LogP contribution in [0.2, 0.25) is 0 Å². The highest BCUT2D eigenvalue weighted by molar-refractivity contribution is 5.96. The summed E-state index contributed by atoms with van der Waals surface area (Å²) in [5.41, 5.74) is 3.32. The number of aromatic nitrogens is 2. The normalized spacial score (nSPS) is 14.0. The number of rotatable bonds is 4. The molecule has 0 aromatic carbocycles. The minimum absolute atomic E-state index is 0.173. The van der Waals surface area contributed by atoms with Crippen LogP contribution < -0.4 is 4.74 Å². The maximum atomic E-state index is 11.4. The number of hydrogen-bond acceptors (Lipinski definition) is 4. The lowest BCUT2D eigenvalue weighted by molar-refractivity contribution is 0.0697. The molecule has 1 fully saturated rings. The molecule has 0 saturated heterocycles. The highest BCUT2D eigenvalue weighted by Gasteiger charge is 2.26. The van der Waals surface area contributed by atoms with E-state index in [1.807, 2.05) is 13.0 Å². The van der Waals surface area contributed by atoms with Crippen molar-refractivity contribution in [3.05, 3.63) is 41.5 Å². The first-order valence-electron chi connectivity index (χ1n) is 6.84. The van der Waals surface area contributed by atoms with Crippen LogP contribution in [0.5, 0.6) is 5.75 Å². The standard InChI is InChI=1S/C16H16N2O3/c1-9-5-11(13(7-17-9)16(19)20)12-6-14(10-3-4-10)18-8-15(12)21-2/h5-8,10H,3-4H2,1-2H3,(H,19,20). The summed E-state index contributed by atoms with van der Waals surface area (Å²) in [5, 5.41) is 9.38. The maximum absolute atomic E-state index is 11.4. The number of aromatic carboxylic acids is 1. The second-order valence-corrected chi connectivity index (χ2v) is 5.26. The molecule has 108 valence electrons. The highest BCUT2D eigenvalue weighted by atomic mass is 16.5. The van der Waals surface area contributed by atoms with E-state index in [1.54, 1.807) is 19.4 Å². The van der Waals surface area contributed by atoms with Crippen LogP contribution in [0, 0.1) is 6.92 Å². The number of ether oxygens (including phenoxy) is 1. The molecule has 0 aliphatic heterocycles. The largest absolute Gasteiger partial charge is 0.494 e. The molecule has 2 aromatic rings. The van der Waals surface area contributed by atoms with Gasteiger partial charge in [-0.1, -0.05) is 0 Å². The number of pyridine rings is 2. The van der Waals surface area contributed by atoms with Gasteiger partial charge in [0.05, 0.1) is 18.9 Å². The minimum Gasteiger partial charge on any atom is -0.494 e. The van der Waals surface area contributed by atoms with Crippen LogP contribution in [0.4, 0.5) is 0 Å². The molecule has 0 atom stereocenters. The Balaban J connectivity index is 2.20. The first kappa shape index (κ1) is 13.5. The fourth-order valence-electron chi connectivity index (χ4n) is 2.39. The summed E-state index contributed by atoms with van der Waals surface area (Å²) in [5.74, 6) is 0.0719. The molecule has 1 aliphatic rings. The lowest BCUT2D eigenvalue weighted by Gasteiger charge is -2.12. The van der Waals surface area contributed by atoms with Crippen molar-refractivity contribution < 1.29 is 14.6 Å². The lowest BCUT2D eigenvalue weighted by Crippen LogP contribution is -2.03. The molecule has 1 aliphatic carbocycles. The molecule has 3 rings (SSSR count). The summed E-state index contributed by atoms with van der Waals surface area (Å²) in [6, 6.07) is 3.72. The molecule has 0 spiro atoms. The molecule has 1 saturated carbocycles. The maximum Gasteiger partial charge on any atom is 0.337 e. The van der Waals surface area contributed by atoms with E-state index in [0.717, 1.165) is 29.8 Å². The molecule has 0 unspecified atom stereocenters. The van der Waals surface area contributed by atoms with E-state index in [2.05, 4.69) is 9.97 Å². The summed E-state index contributed by atoms with van der Waals surface area (Å²) >= 11 is 0. The topological polar surface area (TPSA) is 72.3 Å². The zero-order valence-electron chi connectivity index (χ0n) is 12.0. The van der Waals surface area contributed by atoms with Crippen molar-refractivity contribution in [3.8, 4) is 16.9 Å². The summed E-state index contributed by atoms with van der Waals surface area (Å²) in [7, 11) is 1.56. The first-order valence-corrected chi connectivity index (χ1v) is 6.84. The van der Waals surface area contributed by atoms with Gasteiger partial charge in [0.2, 0.25) is 0 Å². The van der Waals surface area contributed by atoms with Crippen LogP contribution >= 0.6 is 0 Å². The smallest absolute Gasteiger partial charge is 0.337 e. The third-order valence-electron chi connectivity index (χ3n) is 3.67. The molecule has 5 nitrogen and oxygen atoms in total. The molecule has 2 heterocycles. The fraction of sp³-hybridized carbons (Fsp3) is 0.312. The van der Waals surface area contributed by atoms with Gasteiger partial charge in [-0.25, -0.2) is 4.79 Å². The van der Waals surface area contributed by atoms with E-state index in [4.69, 9.17) is 4.74 Å². The van der Waals surface area contributed by atoms with Gasteiger partial charge >= 0.3 is 5.97 Å². The SMILES string of the molecule is COc1cnc(C2CC2)cc1-c1cc(C)ncc1C(=O)O. The third kappa shape index (κ3) is 2.59. The van der Waals surface area contributed by atoms with Crippen molar-refractivity contribution >= 4 is 5.97 Å². The zero-order valence-corrected chi connectivity index (χ0v) is 12.0. The summed E-state index contributed by atoms with van der Waals surface area (Å²) in [6.07, 6.45) is 5.34. The number of aryl methyl sites for hydroxylation is 1. The number of carboxylic acids is 1. The summed E-state index contributed by atoms with van der Waals surface area (Å²) < 4.78 is 5.35. The molecule has 0 radical (unpaired) electrons. The summed E-state index contributed by atoms with van der Waals surface area (Å²) in [6.45, 7) is 1.84. The number of carbonyl (C=O) groups is 1. The average Bonchev–Trinajstić information content (AvgIpc) is 3.30. The zero-order chi connectivity index (χ0) is 15.0. The van der Waals surface area contributed by atoms with Gasteiger partial charge in [0.1, 0.15) is 5.75 Å². The van der Waals surface area contributed by atoms with Crippen LogP contribution in [-0.2, 0) is 0 Å². The van der Waals surface area contributed by atoms with E-state index < -0.39 is 5.97 Å². The van der Waals surface area contributed by atoms with Crippen LogP contribution in [0.1, 0.15) is 40.5 Å². The molecule has 5 heteroatoms. The van der Waals surface area contributed by atoms with E-state index in [1.165, 1.54) is 6.20 Å². The Hall–Kier alpha value is -2.43. The number of carboxylic acid groups (broad SMARTS) is 1. The van der Waals surface area contributed by atoms with Crippen molar-refractivity contribution in [2.24, 2.45) is 0 Å². The van der Waals surface area contributed by atoms with Crippen molar-refractivity contribution in [2.75, 3.05) is 7.11 Å². The Morgan fingerprint density at radius 3 is 2.62 bits per heavy atom. The van der Waals surface area contributed by atoms with E-state index >= 15 is 0 Å². The van der Waals surface area contributed by atoms with Gasteiger partial charge in [-0.2, -0.15) is 0 Å². The van der Waals surface area contributed by atoms with Gasteiger partial charge in [0.15, 0.2) is 0 Å². The monoisotopic (exact) mass is 284 g/mol. The summed E-state index contributed by atoms with van der Waals surface area (Å²) in [4.78, 5) is 19.9. The van der Waals surface area contributed by atoms with Crippen LogP contribution in [-0.4, -0.2) is 28.2 Å². The molecule has 0 bridgehead atoms. The minimum atomic E-state index is -0.996. The second kappa shape index (κ2) is 5.16. The predicted molar refractivity (Wildman–Crippen MR) is 77.7 cm³/mol. The Bertz CT molecular complexity index is 709. The van der Waals surface area contributed by atoms with E-state index in [-0.39, 0.29) is 5.56 Å². The van der Waals surface area contributed by atoms with Gasteiger partial charge in [-0.3, -0.25) is 9.97 Å². The molecular weight excluding hydrogens is 268 g/mol. The van der Waals surface area contributed by atoms with Crippen molar-refractivity contribution in [3.63, 3.8) is 0 Å². The van der Waals surface area contributed by atoms with Gasteiger partial charge < -0.3 is 9.84 Å². The Kier molecular flexibility index (Phi) is 3.33. The van der Waals surface area contributed by atoms with Gasteiger partial charge in [0.25, 0.3) is 0 Å². The Morgan fingerprint density at radius 2 is 2.00 bits per heavy atom. The number of hydrogen-bond donors (Lipinski definition) is 1. The number of methoxy groups -OCH3 is 1. The number of nitrogens with zero attached hydrogens (tertiary/aromatic N) is 2. The van der Waals surface area contributed by atoms with Crippen LogP contribution in [0.3, 0.4) is 0 Å². The fourth-order valence-corrected chi connectivity index (χ4v) is 2.39. The molecule has 1 N–H and O–H groups in total. The van der Waals surface area contributed by atoms with Gasteiger partial charge in [-0.15, -0.1) is 0 Å². The third-order valence-corrected chi connectivity index (χ3v) is 3.67. The molecule has 21 heavy (non-hydrogen) atoms. The molecule has 0 amide bonds. The van der Waals surface area contributed by atoms with Crippen molar-refractivity contribution in [1.82, 2.24) is 9.97 Å². The first-order chi connectivity index (χ1) is 10.1. The van der Waals surface area contributed by atoms with E-state index in [0.29, 0.717) is 17.2 Å². The molecular formula is C16H16N2O3. The molecule has 2 aromatic heterocycles. The Morgan fingerprint density at radius 1 is 1.24 bits per heavy atom. The average molecular weight is 284 g/mol. The Labute approximate surface area is 122 Å². The second-order valence-electron chi connectivity index (χ2n) is 5.26. The van der Waals surface area contributed by atoms with Gasteiger partial charge in [-0.05, 0) is 31.9 Å². The van der Waals surface area contributed by atoms with Gasteiger partial charge in [0, 0.05) is 34.6 Å². The quantitative estimate of drug-likeness (QED) is 0.934. The van der Waals surface area contributed by atoms with Crippen LogP contribution in [0.15, 0.2) is 24.5 Å². The van der Waals surface area contributed by atoms with Crippen molar-refractivity contribution in [1.29, 1.82) is 0 Å². The van der Waals surface area contributed by atoms with Crippen molar-refractivity contribution in [2.45, 2.75) is 25.7 Å². The van der Waals surface area contributed by atoms with Crippen LogP contribution in [0.25, 0.3) is 11.1 Å².